The Kier molecular flexibility index (Phi) is 4.15. The molecule has 2 aromatic rings. The maximum atomic E-state index is 13.0. The topological polar surface area (TPSA) is 35.2 Å². The van der Waals surface area contributed by atoms with E-state index in [4.69, 9.17) is 10.5 Å². The first kappa shape index (κ1) is 12.5. The molecule has 0 spiro atoms. The van der Waals surface area contributed by atoms with Gasteiger partial charge in [0, 0.05) is 16.3 Å². The molecule has 2 rings (SSSR count). The summed E-state index contributed by atoms with van der Waals surface area (Å²) < 4.78 is 19.0. The van der Waals surface area contributed by atoms with E-state index in [2.05, 4.69) is 15.9 Å². The Morgan fingerprint density at radius 3 is 2.65 bits per heavy atom. The number of hydrogen-bond donors (Lipinski definition) is 1. The van der Waals surface area contributed by atoms with E-state index < -0.39 is 0 Å². The number of hydrogen-bond acceptors (Lipinski definition) is 3. The lowest BCUT2D eigenvalue weighted by Crippen LogP contribution is -1.93. The first-order chi connectivity index (χ1) is 8.19. The minimum absolute atomic E-state index is 0.293. The number of halogens is 2. The lowest BCUT2D eigenvalue weighted by atomic mass is 10.3. The maximum Gasteiger partial charge on any atom is 0.137 e. The monoisotopic (exact) mass is 315 g/mol. The van der Waals surface area contributed by atoms with Gasteiger partial charge in [-0.2, -0.15) is 0 Å². The first-order valence-electron chi connectivity index (χ1n) is 5.04. The second-order valence-electron chi connectivity index (χ2n) is 3.44. The lowest BCUT2D eigenvalue weighted by molar-refractivity contribution is 0.309. The molecule has 0 fully saturated rings. The molecule has 0 saturated carbocycles. The van der Waals surface area contributed by atoms with Gasteiger partial charge in [0.25, 0.3) is 0 Å². The summed E-state index contributed by atoms with van der Waals surface area (Å²) in [4.78, 5) is 2.23. The lowest BCUT2D eigenvalue weighted by Gasteiger charge is -2.05. The molecule has 0 atom stereocenters. The van der Waals surface area contributed by atoms with E-state index in [-0.39, 0.29) is 5.82 Å². The number of nitrogens with two attached hydrogens (primary N) is 1. The average molecular weight is 316 g/mol. The molecule has 1 aromatic carbocycles. The minimum Gasteiger partial charge on any atom is -0.488 e. The molecule has 0 amide bonds. The van der Waals surface area contributed by atoms with E-state index in [9.17, 15) is 4.39 Å². The summed E-state index contributed by atoms with van der Waals surface area (Å²) in [5, 5.41) is 0. The van der Waals surface area contributed by atoms with E-state index in [1.165, 1.54) is 6.07 Å². The summed E-state index contributed by atoms with van der Waals surface area (Å²) >= 11 is 4.74. The molecule has 2 nitrogen and oxygen atoms in total. The summed E-state index contributed by atoms with van der Waals surface area (Å²) in [5.41, 5.74) is 5.53. The minimum atomic E-state index is -0.293. The average Bonchev–Trinajstić information content (AvgIpc) is 2.79. The predicted octanol–water partition coefficient (Wildman–Crippen LogP) is 3.69. The molecule has 2 N–H and O–H groups in total. The van der Waals surface area contributed by atoms with Gasteiger partial charge in [-0.05, 0) is 46.3 Å². The van der Waals surface area contributed by atoms with Crippen LogP contribution in [0.1, 0.15) is 9.75 Å². The van der Waals surface area contributed by atoms with Crippen molar-refractivity contribution in [3.05, 3.63) is 50.4 Å². The van der Waals surface area contributed by atoms with Crippen LogP contribution in [0.2, 0.25) is 0 Å². The van der Waals surface area contributed by atoms with Gasteiger partial charge < -0.3 is 10.5 Å². The molecular weight excluding hydrogens is 305 g/mol. The SMILES string of the molecule is NCc1ccc(COc2ccc(F)c(Br)c2)s1. The van der Waals surface area contributed by atoms with E-state index in [1.807, 2.05) is 12.1 Å². The Morgan fingerprint density at radius 1 is 1.24 bits per heavy atom. The van der Waals surface area contributed by atoms with E-state index >= 15 is 0 Å². The van der Waals surface area contributed by atoms with Gasteiger partial charge in [-0.3, -0.25) is 0 Å². The highest BCUT2D eigenvalue weighted by atomic mass is 79.9. The van der Waals surface area contributed by atoms with Crippen LogP contribution in [0.15, 0.2) is 34.8 Å². The largest absolute Gasteiger partial charge is 0.488 e. The normalized spacial score (nSPS) is 10.5. The number of benzene rings is 1. The van der Waals surface area contributed by atoms with Gasteiger partial charge in [-0.25, -0.2) is 4.39 Å². The highest BCUT2D eigenvalue weighted by molar-refractivity contribution is 9.10. The molecule has 0 aliphatic rings. The van der Waals surface area contributed by atoms with Crippen LogP contribution in [0.25, 0.3) is 0 Å². The van der Waals surface area contributed by atoms with E-state index in [0.29, 0.717) is 23.4 Å². The Morgan fingerprint density at radius 2 is 2.00 bits per heavy atom. The Balaban J connectivity index is 1.99. The molecule has 1 aromatic heterocycles. The van der Waals surface area contributed by atoms with E-state index in [0.717, 1.165) is 9.75 Å². The molecule has 0 radical (unpaired) electrons. The molecule has 0 bridgehead atoms. The van der Waals surface area contributed by atoms with Gasteiger partial charge >= 0.3 is 0 Å². The zero-order valence-electron chi connectivity index (χ0n) is 8.95. The summed E-state index contributed by atoms with van der Waals surface area (Å²) in [6.07, 6.45) is 0. The maximum absolute atomic E-state index is 13.0. The van der Waals surface area contributed by atoms with E-state index in [1.54, 1.807) is 23.5 Å². The molecule has 0 aliphatic carbocycles. The van der Waals surface area contributed by atoms with Crippen molar-refractivity contribution in [2.45, 2.75) is 13.2 Å². The third-order valence-corrected chi connectivity index (χ3v) is 3.88. The standard InChI is InChI=1S/C12H11BrFNOS/c13-11-5-8(1-4-12(11)14)16-7-10-3-2-9(6-15)17-10/h1-5H,6-7,15H2. The summed E-state index contributed by atoms with van der Waals surface area (Å²) in [7, 11) is 0. The predicted molar refractivity (Wildman–Crippen MR) is 70.6 cm³/mol. The van der Waals surface area contributed by atoms with Crippen molar-refractivity contribution >= 4 is 27.3 Å². The Labute approximate surface area is 111 Å². The first-order valence-corrected chi connectivity index (χ1v) is 6.65. The van der Waals surface area contributed by atoms with Gasteiger partial charge in [0.05, 0.1) is 4.47 Å². The van der Waals surface area contributed by atoms with Crippen LogP contribution in [0, 0.1) is 5.82 Å². The summed E-state index contributed by atoms with van der Waals surface area (Å²) in [5.74, 6) is 0.347. The van der Waals surface area contributed by atoms with Crippen molar-refractivity contribution < 1.29 is 9.13 Å². The fourth-order valence-corrected chi connectivity index (χ4v) is 2.50. The molecular formula is C12H11BrFNOS. The van der Waals surface area contributed by atoms with Crippen LogP contribution in [-0.2, 0) is 13.2 Å². The van der Waals surface area contributed by atoms with Crippen molar-refractivity contribution in [2.75, 3.05) is 0 Å². The molecule has 5 heteroatoms. The van der Waals surface area contributed by atoms with Crippen molar-refractivity contribution in [2.24, 2.45) is 5.73 Å². The molecule has 0 aliphatic heterocycles. The summed E-state index contributed by atoms with van der Waals surface area (Å²) in [6, 6.07) is 8.58. The quantitative estimate of drug-likeness (QED) is 0.934. The van der Waals surface area contributed by atoms with Crippen LogP contribution in [0.4, 0.5) is 4.39 Å². The van der Waals surface area contributed by atoms with Gasteiger partial charge in [-0.15, -0.1) is 11.3 Å². The molecule has 0 unspecified atom stereocenters. The smallest absolute Gasteiger partial charge is 0.137 e. The zero-order valence-corrected chi connectivity index (χ0v) is 11.4. The molecule has 1 heterocycles. The molecule has 0 saturated heterocycles. The second kappa shape index (κ2) is 5.62. The van der Waals surface area contributed by atoms with Crippen molar-refractivity contribution in [3.8, 4) is 5.75 Å². The zero-order chi connectivity index (χ0) is 12.3. The highest BCUT2D eigenvalue weighted by Crippen LogP contribution is 2.23. The molecule has 90 valence electrons. The fraction of sp³-hybridized carbons (Fsp3) is 0.167. The third kappa shape index (κ3) is 3.28. The van der Waals surface area contributed by atoms with Crippen LogP contribution >= 0.6 is 27.3 Å². The van der Waals surface area contributed by atoms with Gasteiger partial charge in [-0.1, -0.05) is 0 Å². The van der Waals surface area contributed by atoms with Crippen LogP contribution in [0.5, 0.6) is 5.75 Å². The third-order valence-electron chi connectivity index (χ3n) is 2.19. The van der Waals surface area contributed by atoms with Gasteiger partial charge in [0.15, 0.2) is 0 Å². The van der Waals surface area contributed by atoms with Crippen molar-refractivity contribution in [3.63, 3.8) is 0 Å². The highest BCUT2D eigenvalue weighted by Gasteiger charge is 2.03. The van der Waals surface area contributed by atoms with Gasteiger partial charge in [0.1, 0.15) is 18.2 Å². The van der Waals surface area contributed by atoms with Crippen LogP contribution < -0.4 is 10.5 Å². The van der Waals surface area contributed by atoms with Crippen molar-refractivity contribution in [1.82, 2.24) is 0 Å². The Bertz CT molecular complexity index is 515. The second-order valence-corrected chi connectivity index (χ2v) is 5.54. The van der Waals surface area contributed by atoms with Crippen LogP contribution in [0.3, 0.4) is 0 Å². The number of thiophene rings is 1. The Hall–Kier alpha value is -0.910. The van der Waals surface area contributed by atoms with Crippen molar-refractivity contribution in [1.29, 1.82) is 0 Å². The molecule has 17 heavy (non-hydrogen) atoms. The fourth-order valence-electron chi connectivity index (χ4n) is 1.33. The number of rotatable bonds is 4. The van der Waals surface area contributed by atoms with Gasteiger partial charge in [0.2, 0.25) is 0 Å². The van der Waals surface area contributed by atoms with Crippen LogP contribution in [-0.4, -0.2) is 0 Å². The summed E-state index contributed by atoms with van der Waals surface area (Å²) in [6.45, 7) is 1.02. The number of ether oxygens (including phenoxy) is 1.